The third-order valence-electron chi connectivity index (χ3n) is 3.83. The molecule has 112 valence electrons. The molecule has 5 heteroatoms. The number of carbonyl (C=O) groups is 1. The van der Waals surface area contributed by atoms with Gasteiger partial charge in [-0.15, -0.1) is 0 Å². The fourth-order valence-electron chi connectivity index (χ4n) is 2.68. The van der Waals surface area contributed by atoms with Crippen LogP contribution in [0.25, 0.3) is 0 Å². The van der Waals surface area contributed by atoms with Crippen molar-refractivity contribution in [3.63, 3.8) is 0 Å². The van der Waals surface area contributed by atoms with Crippen molar-refractivity contribution in [3.05, 3.63) is 48.3 Å². The van der Waals surface area contributed by atoms with Crippen LogP contribution in [0.15, 0.2) is 45.6 Å². The van der Waals surface area contributed by atoms with E-state index in [0.29, 0.717) is 25.4 Å². The first-order chi connectivity index (χ1) is 10.3. The van der Waals surface area contributed by atoms with Crippen molar-refractivity contribution < 1.29 is 13.6 Å². The van der Waals surface area contributed by atoms with E-state index in [0.717, 1.165) is 31.0 Å². The van der Waals surface area contributed by atoms with E-state index >= 15 is 0 Å². The largest absolute Gasteiger partial charge is 0.467 e. The van der Waals surface area contributed by atoms with Crippen molar-refractivity contribution in [2.75, 3.05) is 13.1 Å². The van der Waals surface area contributed by atoms with Gasteiger partial charge in [0.05, 0.1) is 25.6 Å². The van der Waals surface area contributed by atoms with Crippen LogP contribution in [0.2, 0.25) is 0 Å². The average molecular weight is 288 g/mol. The molecule has 1 aliphatic heterocycles. The standard InChI is InChI=1S/C16H20N2O3/c19-16(9-13-5-6-17-10-13)18(11-14-3-1-7-20-14)12-15-4-2-8-21-15/h1-4,7-8,13,17H,5-6,9-12H2. The van der Waals surface area contributed by atoms with Gasteiger partial charge in [-0.25, -0.2) is 0 Å². The molecule has 0 aromatic carbocycles. The van der Waals surface area contributed by atoms with Gasteiger partial charge in [-0.3, -0.25) is 4.79 Å². The topological polar surface area (TPSA) is 58.6 Å². The van der Waals surface area contributed by atoms with Gasteiger partial charge < -0.3 is 19.1 Å². The Morgan fingerprint density at radius 2 is 1.86 bits per heavy atom. The summed E-state index contributed by atoms with van der Waals surface area (Å²) in [6, 6.07) is 7.45. The summed E-state index contributed by atoms with van der Waals surface area (Å²) in [4.78, 5) is 14.4. The maximum absolute atomic E-state index is 12.6. The molecule has 1 aliphatic rings. The summed E-state index contributed by atoms with van der Waals surface area (Å²) in [5, 5.41) is 3.30. The average Bonchev–Trinajstić information content (AvgIpc) is 3.21. The summed E-state index contributed by atoms with van der Waals surface area (Å²) in [5.74, 6) is 2.17. The van der Waals surface area contributed by atoms with Crippen LogP contribution in [-0.4, -0.2) is 23.9 Å². The number of amides is 1. The van der Waals surface area contributed by atoms with Crippen LogP contribution < -0.4 is 5.32 Å². The zero-order chi connectivity index (χ0) is 14.5. The summed E-state index contributed by atoms with van der Waals surface area (Å²) in [6.45, 7) is 2.90. The lowest BCUT2D eigenvalue weighted by atomic mass is 10.0. The van der Waals surface area contributed by atoms with Crippen molar-refractivity contribution in [3.8, 4) is 0 Å². The molecule has 0 radical (unpaired) electrons. The van der Waals surface area contributed by atoms with Gasteiger partial charge in [0, 0.05) is 6.42 Å². The third kappa shape index (κ3) is 3.76. The zero-order valence-electron chi connectivity index (χ0n) is 12.0. The molecule has 0 spiro atoms. The van der Waals surface area contributed by atoms with Gasteiger partial charge in [0.15, 0.2) is 0 Å². The van der Waals surface area contributed by atoms with Gasteiger partial charge in [0.25, 0.3) is 0 Å². The molecule has 2 aromatic heterocycles. The van der Waals surface area contributed by atoms with E-state index in [-0.39, 0.29) is 5.91 Å². The lowest BCUT2D eigenvalue weighted by Gasteiger charge is -2.22. The molecule has 0 bridgehead atoms. The van der Waals surface area contributed by atoms with Crippen molar-refractivity contribution >= 4 is 5.91 Å². The minimum atomic E-state index is 0.150. The van der Waals surface area contributed by atoms with Gasteiger partial charge in [0.2, 0.25) is 5.91 Å². The molecule has 0 saturated carbocycles. The monoisotopic (exact) mass is 288 g/mol. The highest BCUT2D eigenvalue weighted by molar-refractivity contribution is 5.76. The highest BCUT2D eigenvalue weighted by atomic mass is 16.3. The lowest BCUT2D eigenvalue weighted by molar-refractivity contribution is -0.133. The minimum Gasteiger partial charge on any atom is -0.467 e. The minimum absolute atomic E-state index is 0.150. The third-order valence-corrected chi connectivity index (χ3v) is 3.83. The molecule has 1 atom stereocenters. The van der Waals surface area contributed by atoms with Gasteiger partial charge in [-0.1, -0.05) is 0 Å². The summed E-state index contributed by atoms with van der Waals surface area (Å²) in [5.41, 5.74) is 0. The Hall–Kier alpha value is -2.01. The predicted octanol–water partition coefficient (Wildman–Crippen LogP) is 2.40. The number of hydrogen-bond donors (Lipinski definition) is 1. The highest BCUT2D eigenvalue weighted by Crippen LogP contribution is 2.17. The first kappa shape index (κ1) is 13.9. The molecule has 1 saturated heterocycles. The molecular formula is C16H20N2O3. The second-order valence-electron chi connectivity index (χ2n) is 5.47. The fraction of sp³-hybridized carbons (Fsp3) is 0.438. The van der Waals surface area contributed by atoms with Crippen LogP contribution >= 0.6 is 0 Å². The van der Waals surface area contributed by atoms with E-state index in [1.165, 1.54) is 0 Å². The normalized spacial score (nSPS) is 18.0. The number of nitrogens with zero attached hydrogens (tertiary/aromatic N) is 1. The van der Waals surface area contributed by atoms with Crippen LogP contribution in [-0.2, 0) is 17.9 Å². The molecule has 1 fully saturated rings. The molecule has 3 heterocycles. The summed E-state index contributed by atoms with van der Waals surface area (Å²) >= 11 is 0. The van der Waals surface area contributed by atoms with Crippen molar-refractivity contribution in [1.82, 2.24) is 10.2 Å². The SMILES string of the molecule is O=C(CC1CCNC1)N(Cc1ccco1)Cc1ccco1. The maximum atomic E-state index is 12.6. The number of carbonyl (C=O) groups excluding carboxylic acids is 1. The maximum Gasteiger partial charge on any atom is 0.223 e. The molecule has 1 unspecified atom stereocenters. The Morgan fingerprint density at radius 1 is 1.19 bits per heavy atom. The van der Waals surface area contributed by atoms with E-state index in [1.807, 2.05) is 24.3 Å². The molecule has 1 N–H and O–H groups in total. The Morgan fingerprint density at radius 3 is 2.33 bits per heavy atom. The molecule has 0 aliphatic carbocycles. The zero-order valence-corrected chi connectivity index (χ0v) is 12.0. The Balaban J connectivity index is 1.66. The molecule has 2 aromatic rings. The number of furan rings is 2. The first-order valence-electron chi connectivity index (χ1n) is 7.34. The fourth-order valence-corrected chi connectivity index (χ4v) is 2.68. The highest BCUT2D eigenvalue weighted by Gasteiger charge is 2.23. The number of nitrogens with one attached hydrogen (secondary N) is 1. The molecule has 1 amide bonds. The van der Waals surface area contributed by atoms with Crippen LogP contribution in [0.5, 0.6) is 0 Å². The number of hydrogen-bond acceptors (Lipinski definition) is 4. The lowest BCUT2D eigenvalue weighted by Crippen LogP contribution is -2.31. The molecule has 5 nitrogen and oxygen atoms in total. The Labute approximate surface area is 123 Å². The quantitative estimate of drug-likeness (QED) is 0.886. The predicted molar refractivity (Wildman–Crippen MR) is 77.3 cm³/mol. The Kier molecular flexibility index (Phi) is 4.40. The van der Waals surface area contributed by atoms with Crippen LogP contribution in [0, 0.1) is 5.92 Å². The van der Waals surface area contributed by atoms with E-state index in [2.05, 4.69) is 5.32 Å². The van der Waals surface area contributed by atoms with Crippen LogP contribution in [0.1, 0.15) is 24.4 Å². The second-order valence-corrected chi connectivity index (χ2v) is 5.47. The molecule has 3 rings (SSSR count). The van der Waals surface area contributed by atoms with Gasteiger partial charge in [-0.05, 0) is 49.7 Å². The number of rotatable bonds is 6. The van der Waals surface area contributed by atoms with Gasteiger partial charge in [0.1, 0.15) is 11.5 Å². The molecule has 21 heavy (non-hydrogen) atoms. The summed E-state index contributed by atoms with van der Waals surface area (Å²) in [7, 11) is 0. The molecular weight excluding hydrogens is 268 g/mol. The van der Waals surface area contributed by atoms with Crippen LogP contribution in [0.4, 0.5) is 0 Å². The van der Waals surface area contributed by atoms with E-state index in [1.54, 1.807) is 17.4 Å². The van der Waals surface area contributed by atoms with E-state index < -0.39 is 0 Å². The summed E-state index contributed by atoms with van der Waals surface area (Å²) < 4.78 is 10.7. The van der Waals surface area contributed by atoms with Gasteiger partial charge in [-0.2, -0.15) is 0 Å². The summed E-state index contributed by atoms with van der Waals surface area (Å²) in [6.07, 6.45) is 4.91. The van der Waals surface area contributed by atoms with E-state index in [4.69, 9.17) is 8.83 Å². The second kappa shape index (κ2) is 6.63. The van der Waals surface area contributed by atoms with Gasteiger partial charge >= 0.3 is 0 Å². The van der Waals surface area contributed by atoms with Crippen molar-refractivity contribution in [1.29, 1.82) is 0 Å². The van der Waals surface area contributed by atoms with Crippen molar-refractivity contribution in [2.45, 2.75) is 25.9 Å². The Bertz CT molecular complexity index is 506. The van der Waals surface area contributed by atoms with Crippen molar-refractivity contribution in [2.24, 2.45) is 5.92 Å². The smallest absolute Gasteiger partial charge is 0.223 e. The van der Waals surface area contributed by atoms with Crippen LogP contribution in [0.3, 0.4) is 0 Å². The van der Waals surface area contributed by atoms with E-state index in [9.17, 15) is 4.79 Å². The first-order valence-corrected chi connectivity index (χ1v) is 7.34.